The Morgan fingerprint density at radius 2 is 2.00 bits per heavy atom. The van der Waals surface area contributed by atoms with Crippen LogP contribution >= 0.6 is 11.8 Å². The molecule has 1 atom stereocenters. The van der Waals surface area contributed by atoms with E-state index >= 15 is 0 Å². The molecule has 0 saturated carbocycles. The van der Waals surface area contributed by atoms with E-state index in [0.29, 0.717) is 12.0 Å². The molecule has 0 heterocycles. The molecule has 0 spiro atoms. The zero-order chi connectivity index (χ0) is 7.28. The van der Waals surface area contributed by atoms with Crippen molar-refractivity contribution in [3.05, 3.63) is 0 Å². The minimum atomic E-state index is 0.384. The smallest absolute Gasteiger partial charge is 0.0153 e. The van der Waals surface area contributed by atoms with Crippen LogP contribution in [0.3, 0.4) is 0 Å². The Labute approximate surface area is 62.4 Å². The molecule has 0 aromatic rings. The van der Waals surface area contributed by atoms with Gasteiger partial charge in [0.15, 0.2) is 0 Å². The van der Waals surface area contributed by atoms with Crippen LogP contribution in [-0.2, 0) is 0 Å². The van der Waals surface area contributed by atoms with Crippen LogP contribution in [0, 0.1) is 5.92 Å². The first-order chi connectivity index (χ1) is 4.18. The van der Waals surface area contributed by atoms with E-state index in [2.05, 4.69) is 20.8 Å². The van der Waals surface area contributed by atoms with Crippen LogP contribution in [-0.4, -0.2) is 17.5 Å². The molecule has 0 bridgehead atoms. The van der Waals surface area contributed by atoms with Crippen LogP contribution in [0.2, 0.25) is 0 Å². The summed E-state index contributed by atoms with van der Waals surface area (Å²) in [5.74, 6) is 2.92. The fraction of sp³-hybridized carbons (Fsp3) is 1.00. The molecule has 0 fully saturated rings. The van der Waals surface area contributed by atoms with Crippen LogP contribution in [0.4, 0.5) is 0 Å². The molecule has 0 aliphatic carbocycles. The fourth-order valence-corrected chi connectivity index (χ4v) is 1.34. The normalized spacial score (nSPS) is 14.3. The van der Waals surface area contributed by atoms with E-state index in [4.69, 9.17) is 5.73 Å². The van der Waals surface area contributed by atoms with Gasteiger partial charge in [-0.1, -0.05) is 20.8 Å². The standard InChI is InChI=1S/C7H17NS/c1-4-9-5-7(8)6(2)3/h6-7H,4-5,8H2,1-3H3/t7-/m1/s1. The van der Waals surface area contributed by atoms with Gasteiger partial charge in [0.1, 0.15) is 0 Å². The van der Waals surface area contributed by atoms with Crippen LogP contribution < -0.4 is 5.73 Å². The lowest BCUT2D eigenvalue weighted by Gasteiger charge is -2.13. The molecule has 0 aromatic carbocycles. The summed E-state index contributed by atoms with van der Waals surface area (Å²) in [5, 5.41) is 0. The SMILES string of the molecule is CCSC[C@@H](N)C(C)C. The third kappa shape index (κ3) is 4.79. The summed E-state index contributed by atoms with van der Waals surface area (Å²) in [6.07, 6.45) is 0. The molecule has 0 unspecified atom stereocenters. The van der Waals surface area contributed by atoms with Gasteiger partial charge in [-0.15, -0.1) is 0 Å². The lowest BCUT2D eigenvalue weighted by Crippen LogP contribution is -2.28. The molecule has 0 saturated heterocycles. The van der Waals surface area contributed by atoms with Crippen LogP contribution in [0.15, 0.2) is 0 Å². The highest BCUT2D eigenvalue weighted by atomic mass is 32.2. The number of thioether (sulfide) groups is 1. The third-order valence-corrected chi connectivity index (χ3v) is 2.40. The predicted molar refractivity (Wildman–Crippen MR) is 45.8 cm³/mol. The van der Waals surface area contributed by atoms with Gasteiger partial charge >= 0.3 is 0 Å². The summed E-state index contributed by atoms with van der Waals surface area (Å²) in [7, 11) is 0. The van der Waals surface area contributed by atoms with E-state index in [9.17, 15) is 0 Å². The molecule has 0 aromatic heterocycles. The maximum atomic E-state index is 5.78. The summed E-state index contributed by atoms with van der Waals surface area (Å²) in [4.78, 5) is 0. The van der Waals surface area contributed by atoms with Gasteiger partial charge < -0.3 is 5.73 Å². The van der Waals surface area contributed by atoms with Crippen LogP contribution in [0.25, 0.3) is 0 Å². The van der Waals surface area contributed by atoms with E-state index in [-0.39, 0.29) is 0 Å². The van der Waals surface area contributed by atoms with Crippen molar-refractivity contribution in [1.29, 1.82) is 0 Å². The van der Waals surface area contributed by atoms with Gasteiger partial charge in [-0.05, 0) is 11.7 Å². The second kappa shape index (κ2) is 5.12. The van der Waals surface area contributed by atoms with Gasteiger partial charge in [0.2, 0.25) is 0 Å². The van der Waals surface area contributed by atoms with E-state index in [1.807, 2.05) is 11.8 Å². The number of rotatable bonds is 4. The average molecular weight is 147 g/mol. The van der Waals surface area contributed by atoms with Crippen molar-refractivity contribution in [3.8, 4) is 0 Å². The maximum absolute atomic E-state index is 5.78. The van der Waals surface area contributed by atoms with Crippen molar-refractivity contribution in [2.75, 3.05) is 11.5 Å². The second-order valence-electron chi connectivity index (χ2n) is 2.57. The first-order valence-corrected chi connectivity index (χ1v) is 4.67. The molecule has 2 heteroatoms. The first-order valence-electron chi connectivity index (χ1n) is 3.51. The molecule has 56 valence electrons. The Balaban J connectivity index is 3.16. The fourth-order valence-electron chi connectivity index (χ4n) is 0.446. The molecule has 0 rings (SSSR count). The van der Waals surface area contributed by atoms with Crippen molar-refractivity contribution in [2.24, 2.45) is 11.7 Å². The average Bonchev–Trinajstić information content (AvgIpc) is 1.82. The van der Waals surface area contributed by atoms with Crippen molar-refractivity contribution in [1.82, 2.24) is 0 Å². The van der Waals surface area contributed by atoms with E-state index < -0.39 is 0 Å². The maximum Gasteiger partial charge on any atom is 0.0153 e. The molecule has 2 N–H and O–H groups in total. The Morgan fingerprint density at radius 3 is 2.33 bits per heavy atom. The summed E-state index contributed by atoms with van der Waals surface area (Å²) >= 11 is 1.92. The Hall–Kier alpha value is 0.310. The summed E-state index contributed by atoms with van der Waals surface area (Å²) in [5.41, 5.74) is 5.78. The van der Waals surface area contributed by atoms with Crippen molar-refractivity contribution >= 4 is 11.8 Å². The van der Waals surface area contributed by atoms with Gasteiger partial charge in [-0.3, -0.25) is 0 Å². The monoisotopic (exact) mass is 147 g/mol. The van der Waals surface area contributed by atoms with E-state index in [1.54, 1.807) is 0 Å². The Bertz CT molecular complexity index is 63.9. The molecule has 9 heavy (non-hydrogen) atoms. The minimum Gasteiger partial charge on any atom is -0.327 e. The minimum absolute atomic E-state index is 0.384. The lowest BCUT2D eigenvalue weighted by atomic mass is 10.1. The van der Waals surface area contributed by atoms with Gasteiger partial charge in [0.25, 0.3) is 0 Å². The third-order valence-electron chi connectivity index (χ3n) is 1.37. The zero-order valence-electron chi connectivity index (χ0n) is 6.55. The van der Waals surface area contributed by atoms with E-state index in [0.717, 1.165) is 5.75 Å². The van der Waals surface area contributed by atoms with Crippen molar-refractivity contribution in [2.45, 2.75) is 26.8 Å². The molecule has 0 radical (unpaired) electrons. The Kier molecular flexibility index (Phi) is 5.30. The summed E-state index contributed by atoms with van der Waals surface area (Å²) in [6, 6.07) is 0.384. The highest BCUT2D eigenvalue weighted by molar-refractivity contribution is 7.99. The first kappa shape index (κ1) is 9.31. The highest BCUT2D eigenvalue weighted by Crippen LogP contribution is 2.06. The molecule has 0 aliphatic heterocycles. The molecular weight excluding hydrogens is 130 g/mol. The topological polar surface area (TPSA) is 26.0 Å². The largest absolute Gasteiger partial charge is 0.327 e. The molecule has 0 aliphatic rings. The number of hydrogen-bond donors (Lipinski definition) is 1. The van der Waals surface area contributed by atoms with Gasteiger partial charge in [-0.2, -0.15) is 11.8 Å². The van der Waals surface area contributed by atoms with Gasteiger partial charge in [-0.25, -0.2) is 0 Å². The predicted octanol–water partition coefficient (Wildman–Crippen LogP) is 1.72. The molecule has 0 amide bonds. The van der Waals surface area contributed by atoms with E-state index in [1.165, 1.54) is 5.75 Å². The van der Waals surface area contributed by atoms with Crippen LogP contribution in [0.5, 0.6) is 0 Å². The van der Waals surface area contributed by atoms with Crippen LogP contribution in [0.1, 0.15) is 20.8 Å². The quantitative estimate of drug-likeness (QED) is 0.655. The van der Waals surface area contributed by atoms with Gasteiger partial charge in [0, 0.05) is 11.8 Å². The summed E-state index contributed by atoms with van der Waals surface area (Å²) in [6.45, 7) is 6.50. The lowest BCUT2D eigenvalue weighted by molar-refractivity contribution is 0.536. The highest BCUT2D eigenvalue weighted by Gasteiger charge is 2.05. The number of nitrogens with two attached hydrogens (primary N) is 1. The van der Waals surface area contributed by atoms with Crippen molar-refractivity contribution < 1.29 is 0 Å². The zero-order valence-corrected chi connectivity index (χ0v) is 7.37. The molecular formula is C7H17NS. The number of hydrogen-bond acceptors (Lipinski definition) is 2. The van der Waals surface area contributed by atoms with Crippen molar-refractivity contribution in [3.63, 3.8) is 0 Å². The summed E-state index contributed by atoms with van der Waals surface area (Å²) < 4.78 is 0. The van der Waals surface area contributed by atoms with Gasteiger partial charge in [0.05, 0.1) is 0 Å². The molecule has 1 nitrogen and oxygen atoms in total. The second-order valence-corrected chi connectivity index (χ2v) is 3.89. The Morgan fingerprint density at radius 1 is 1.44 bits per heavy atom.